The highest BCUT2D eigenvalue weighted by atomic mass is 16.2. The highest BCUT2D eigenvalue weighted by Crippen LogP contribution is 2.16. The summed E-state index contributed by atoms with van der Waals surface area (Å²) < 4.78 is 0. The summed E-state index contributed by atoms with van der Waals surface area (Å²) in [6.45, 7) is 7.88. The van der Waals surface area contributed by atoms with Crippen LogP contribution in [0.1, 0.15) is 33.1 Å². The smallest absolute Gasteiger partial charge is 0.226 e. The topological polar surface area (TPSA) is 35.6 Å². The van der Waals surface area contributed by atoms with Crippen LogP contribution in [0.15, 0.2) is 0 Å². The summed E-state index contributed by atoms with van der Waals surface area (Å²) >= 11 is 0. The molecule has 1 aliphatic heterocycles. The Morgan fingerprint density at radius 3 is 2.50 bits per heavy atom. The van der Waals surface area contributed by atoms with Crippen LogP contribution in [0.4, 0.5) is 0 Å². The minimum absolute atomic E-state index is 0.195. The molecule has 2 atom stereocenters. The molecule has 0 aromatic carbocycles. The molecule has 0 saturated carbocycles. The van der Waals surface area contributed by atoms with Crippen LogP contribution in [0.25, 0.3) is 0 Å². The Hall–Kier alpha value is -0.610. The second kappa shape index (κ2) is 7.74. The molecule has 2 unspecified atom stereocenters. The summed E-state index contributed by atoms with van der Waals surface area (Å²) in [5.41, 5.74) is 0. The number of amides is 1. The highest BCUT2D eigenvalue weighted by Gasteiger charge is 2.26. The van der Waals surface area contributed by atoms with Gasteiger partial charge in [-0.25, -0.2) is 0 Å². The van der Waals surface area contributed by atoms with Crippen LogP contribution in [0, 0.1) is 5.92 Å². The standard InChI is InChI=1S/C14H29N3O/c1-5-17(10-6-9-16(3)4)14(18)13-8-7-12(2)15-11-13/h12-13,15H,5-11H2,1-4H3. The lowest BCUT2D eigenvalue weighted by Crippen LogP contribution is -2.46. The molecule has 1 aliphatic rings. The minimum atomic E-state index is 0.195. The van der Waals surface area contributed by atoms with E-state index in [2.05, 4.69) is 38.2 Å². The van der Waals surface area contributed by atoms with Gasteiger partial charge in [-0.2, -0.15) is 0 Å². The van der Waals surface area contributed by atoms with E-state index >= 15 is 0 Å². The van der Waals surface area contributed by atoms with E-state index in [1.165, 1.54) is 0 Å². The van der Waals surface area contributed by atoms with Gasteiger partial charge < -0.3 is 15.1 Å². The Balaban J connectivity index is 2.36. The quantitative estimate of drug-likeness (QED) is 0.774. The molecule has 4 heteroatoms. The summed E-state index contributed by atoms with van der Waals surface area (Å²) in [6, 6.07) is 0.567. The Bertz CT molecular complexity index is 247. The molecular formula is C14H29N3O. The third-order valence-electron chi connectivity index (χ3n) is 3.74. The van der Waals surface area contributed by atoms with Crippen LogP contribution in [-0.2, 0) is 4.79 Å². The maximum atomic E-state index is 12.4. The van der Waals surface area contributed by atoms with E-state index in [9.17, 15) is 4.79 Å². The van der Waals surface area contributed by atoms with Crippen molar-refractivity contribution in [3.63, 3.8) is 0 Å². The van der Waals surface area contributed by atoms with E-state index in [4.69, 9.17) is 0 Å². The van der Waals surface area contributed by atoms with Crippen LogP contribution in [0.2, 0.25) is 0 Å². The van der Waals surface area contributed by atoms with Crippen molar-refractivity contribution in [3.8, 4) is 0 Å². The van der Waals surface area contributed by atoms with Gasteiger partial charge in [0.25, 0.3) is 0 Å². The SMILES string of the molecule is CCN(CCCN(C)C)C(=O)C1CCC(C)NC1. The minimum Gasteiger partial charge on any atom is -0.343 e. The second-order valence-electron chi connectivity index (χ2n) is 5.66. The summed E-state index contributed by atoms with van der Waals surface area (Å²) in [5.74, 6) is 0.538. The predicted octanol–water partition coefficient (Wildman–Crippen LogP) is 1.17. The molecule has 0 aliphatic carbocycles. The lowest BCUT2D eigenvalue weighted by atomic mass is 9.94. The first-order chi connectivity index (χ1) is 8.54. The van der Waals surface area contributed by atoms with E-state index in [1.807, 2.05) is 4.90 Å². The van der Waals surface area contributed by atoms with Gasteiger partial charge >= 0.3 is 0 Å². The molecule has 0 aromatic heterocycles. The van der Waals surface area contributed by atoms with Crippen molar-refractivity contribution in [2.45, 2.75) is 39.2 Å². The Morgan fingerprint density at radius 2 is 2.00 bits per heavy atom. The van der Waals surface area contributed by atoms with Gasteiger partial charge in [-0.05, 0) is 53.8 Å². The number of nitrogens with one attached hydrogen (secondary N) is 1. The lowest BCUT2D eigenvalue weighted by Gasteiger charge is -2.31. The summed E-state index contributed by atoms with van der Waals surface area (Å²) in [5, 5.41) is 3.41. The molecular weight excluding hydrogens is 226 g/mol. The average Bonchev–Trinajstić information content (AvgIpc) is 2.34. The van der Waals surface area contributed by atoms with Gasteiger partial charge in [-0.1, -0.05) is 0 Å². The Labute approximate surface area is 112 Å². The molecule has 1 rings (SSSR count). The molecule has 1 saturated heterocycles. The monoisotopic (exact) mass is 255 g/mol. The Morgan fingerprint density at radius 1 is 1.28 bits per heavy atom. The van der Waals surface area contributed by atoms with E-state index in [1.54, 1.807) is 0 Å². The summed E-state index contributed by atoms with van der Waals surface area (Å²) in [6.07, 6.45) is 3.21. The van der Waals surface area contributed by atoms with Gasteiger partial charge in [-0.15, -0.1) is 0 Å². The van der Waals surface area contributed by atoms with Crippen molar-refractivity contribution in [3.05, 3.63) is 0 Å². The number of carbonyl (C=O) groups is 1. The fourth-order valence-electron chi connectivity index (χ4n) is 2.47. The number of nitrogens with zero attached hydrogens (tertiary/aromatic N) is 2. The zero-order chi connectivity index (χ0) is 13.5. The average molecular weight is 255 g/mol. The van der Waals surface area contributed by atoms with Gasteiger partial charge in [-0.3, -0.25) is 4.79 Å². The van der Waals surface area contributed by atoms with Crippen LogP contribution in [0.5, 0.6) is 0 Å². The van der Waals surface area contributed by atoms with E-state index < -0.39 is 0 Å². The summed E-state index contributed by atoms with van der Waals surface area (Å²) in [7, 11) is 4.15. The van der Waals surface area contributed by atoms with Crippen molar-refractivity contribution >= 4 is 5.91 Å². The molecule has 106 valence electrons. The van der Waals surface area contributed by atoms with Gasteiger partial charge in [0.15, 0.2) is 0 Å². The predicted molar refractivity (Wildman–Crippen MR) is 75.6 cm³/mol. The maximum absolute atomic E-state index is 12.4. The molecule has 0 spiro atoms. The molecule has 0 radical (unpaired) electrons. The van der Waals surface area contributed by atoms with Crippen LogP contribution in [0.3, 0.4) is 0 Å². The number of piperidine rings is 1. The highest BCUT2D eigenvalue weighted by molar-refractivity contribution is 5.79. The Kier molecular flexibility index (Phi) is 6.65. The fourth-order valence-corrected chi connectivity index (χ4v) is 2.47. The zero-order valence-corrected chi connectivity index (χ0v) is 12.4. The second-order valence-corrected chi connectivity index (χ2v) is 5.66. The largest absolute Gasteiger partial charge is 0.343 e. The summed E-state index contributed by atoms with van der Waals surface area (Å²) in [4.78, 5) is 16.6. The van der Waals surface area contributed by atoms with Crippen molar-refractivity contribution in [2.24, 2.45) is 5.92 Å². The van der Waals surface area contributed by atoms with Gasteiger partial charge in [0, 0.05) is 25.7 Å². The van der Waals surface area contributed by atoms with Crippen molar-refractivity contribution in [1.29, 1.82) is 0 Å². The van der Waals surface area contributed by atoms with E-state index in [0.29, 0.717) is 11.9 Å². The third kappa shape index (κ3) is 4.94. The maximum Gasteiger partial charge on any atom is 0.226 e. The van der Waals surface area contributed by atoms with Crippen LogP contribution in [-0.4, -0.2) is 62.0 Å². The van der Waals surface area contributed by atoms with Crippen LogP contribution < -0.4 is 5.32 Å². The molecule has 1 N–H and O–H groups in total. The number of carbonyl (C=O) groups excluding carboxylic acids is 1. The lowest BCUT2D eigenvalue weighted by molar-refractivity contribution is -0.136. The van der Waals surface area contributed by atoms with Gasteiger partial charge in [0.1, 0.15) is 0 Å². The zero-order valence-electron chi connectivity index (χ0n) is 12.4. The van der Waals surface area contributed by atoms with Crippen molar-refractivity contribution < 1.29 is 4.79 Å². The molecule has 0 bridgehead atoms. The van der Waals surface area contributed by atoms with Gasteiger partial charge in [0.2, 0.25) is 5.91 Å². The fraction of sp³-hybridized carbons (Fsp3) is 0.929. The molecule has 1 amide bonds. The molecule has 0 aromatic rings. The molecule has 18 heavy (non-hydrogen) atoms. The van der Waals surface area contributed by atoms with E-state index in [-0.39, 0.29) is 5.92 Å². The molecule has 1 heterocycles. The van der Waals surface area contributed by atoms with Crippen molar-refractivity contribution in [2.75, 3.05) is 40.3 Å². The number of hydrogen-bond acceptors (Lipinski definition) is 3. The first-order valence-corrected chi connectivity index (χ1v) is 7.21. The first kappa shape index (κ1) is 15.4. The number of hydrogen-bond donors (Lipinski definition) is 1. The van der Waals surface area contributed by atoms with E-state index in [0.717, 1.165) is 45.4 Å². The van der Waals surface area contributed by atoms with Crippen LogP contribution >= 0.6 is 0 Å². The normalized spacial score (nSPS) is 24.3. The van der Waals surface area contributed by atoms with Gasteiger partial charge in [0.05, 0.1) is 5.92 Å². The molecule has 4 nitrogen and oxygen atoms in total. The molecule has 1 fully saturated rings. The van der Waals surface area contributed by atoms with Crippen molar-refractivity contribution in [1.82, 2.24) is 15.1 Å². The number of rotatable bonds is 6. The first-order valence-electron chi connectivity index (χ1n) is 7.21. The third-order valence-corrected chi connectivity index (χ3v) is 3.74.